The van der Waals surface area contributed by atoms with E-state index in [4.69, 9.17) is 5.11 Å². The number of nitrogens with zero attached hydrogens (tertiary/aromatic N) is 1. The van der Waals surface area contributed by atoms with Crippen LogP contribution in [0.25, 0.3) is 0 Å². The average Bonchev–Trinajstić information content (AvgIpc) is 2.33. The van der Waals surface area contributed by atoms with Gasteiger partial charge in [-0.3, -0.25) is 14.9 Å². The summed E-state index contributed by atoms with van der Waals surface area (Å²) in [6.07, 6.45) is 0. The number of carbonyl (C=O) groups excluding carboxylic acids is 1. The predicted molar refractivity (Wildman–Crippen MR) is 71.6 cm³/mol. The Kier molecular flexibility index (Phi) is 4.79. The van der Waals surface area contributed by atoms with Crippen LogP contribution >= 0.6 is 0 Å². The number of carboxylic acids is 1. The third kappa shape index (κ3) is 3.31. The first kappa shape index (κ1) is 15.6. The summed E-state index contributed by atoms with van der Waals surface area (Å²) < 4.78 is 0. The molecular formula is C13H16N2O5. The molecule has 1 atom stereocenters. The SMILES string of the molecule is Cc1cccc(C(=O)NC(C(=O)O)C(C)C)c1[N+](=O)[O-]. The molecular weight excluding hydrogens is 264 g/mol. The van der Waals surface area contributed by atoms with Crippen molar-refractivity contribution in [3.05, 3.63) is 39.4 Å². The molecule has 7 nitrogen and oxygen atoms in total. The molecule has 20 heavy (non-hydrogen) atoms. The molecule has 1 aromatic rings. The van der Waals surface area contributed by atoms with Gasteiger partial charge in [-0.05, 0) is 18.9 Å². The Bertz CT molecular complexity index is 554. The van der Waals surface area contributed by atoms with Crippen LogP contribution < -0.4 is 5.32 Å². The molecule has 108 valence electrons. The van der Waals surface area contributed by atoms with E-state index in [1.54, 1.807) is 13.8 Å². The molecule has 0 fully saturated rings. The highest BCUT2D eigenvalue weighted by Crippen LogP contribution is 2.23. The van der Waals surface area contributed by atoms with E-state index in [1.807, 2.05) is 0 Å². The molecule has 1 aromatic carbocycles. The molecule has 0 bridgehead atoms. The summed E-state index contributed by atoms with van der Waals surface area (Å²) in [4.78, 5) is 33.5. The largest absolute Gasteiger partial charge is 0.480 e. The van der Waals surface area contributed by atoms with Gasteiger partial charge >= 0.3 is 5.97 Å². The van der Waals surface area contributed by atoms with Crippen molar-refractivity contribution in [2.24, 2.45) is 5.92 Å². The first-order chi connectivity index (χ1) is 9.25. The Morgan fingerprint density at radius 2 is 1.95 bits per heavy atom. The molecule has 0 aromatic heterocycles. The van der Waals surface area contributed by atoms with Gasteiger partial charge in [-0.15, -0.1) is 0 Å². The lowest BCUT2D eigenvalue weighted by molar-refractivity contribution is -0.385. The molecule has 0 aliphatic rings. The molecule has 0 aliphatic heterocycles. The number of nitro benzene ring substituents is 1. The molecule has 0 heterocycles. The maximum absolute atomic E-state index is 12.1. The van der Waals surface area contributed by atoms with E-state index in [2.05, 4.69) is 5.32 Å². The summed E-state index contributed by atoms with van der Waals surface area (Å²) in [6.45, 7) is 4.81. The van der Waals surface area contributed by atoms with Crippen molar-refractivity contribution in [1.29, 1.82) is 0 Å². The minimum absolute atomic E-state index is 0.137. The first-order valence-electron chi connectivity index (χ1n) is 6.03. The second-order valence-electron chi connectivity index (χ2n) is 4.76. The van der Waals surface area contributed by atoms with Gasteiger partial charge in [-0.25, -0.2) is 4.79 Å². The molecule has 0 spiro atoms. The molecule has 2 N–H and O–H groups in total. The van der Waals surface area contributed by atoms with E-state index in [-0.39, 0.29) is 17.2 Å². The Morgan fingerprint density at radius 1 is 1.35 bits per heavy atom. The van der Waals surface area contributed by atoms with E-state index in [1.165, 1.54) is 25.1 Å². The number of carbonyl (C=O) groups is 2. The summed E-state index contributed by atoms with van der Waals surface area (Å²) in [5, 5.41) is 22.3. The molecule has 0 radical (unpaired) electrons. The first-order valence-corrected chi connectivity index (χ1v) is 6.03. The van der Waals surface area contributed by atoms with Crippen LogP contribution in [0.5, 0.6) is 0 Å². The van der Waals surface area contributed by atoms with Gasteiger partial charge in [0.15, 0.2) is 0 Å². The number of nitrogens with one attached hydrogen (secondary N) is 1. The van der Waals surface area contributed by atoms with Gasteiger partial charge in [0.05, 0.1) is 4.92 Å². The van der Waals surface area contributed by atoms with Crippen molar-refractivity contribution in [1.82, 2.24) is 5.32 Å². The van der Waals surface area contributed by atoms with Gasteiger partial charge in [-0.2, -0.15) is 0 Å². The maximum Gasteiger partial charge on any atom is 0.326 e. The van der Waals surface area contributed by atoms with Crippen LogP contribution in [0.15, 0.2) is 18.2 Å². The number of aliphatic carboxylic acids is 1. The molecule has 1 amide bonds. The second-order valence-corrected chi connectivity index (χ2v) is 4.76. The molecule has 1 rings (SSSR count). The lowest BCUT2D eigenvalue weighted by Crippen LogP contribution is -2.44. The Labute approximate surface area is 115 Å². The maximum atomic E-state index is 12.1. The van der Waals surface area contributed by atoms with Gasteiger partial charge in [0.1, 0.15) is 11.6 Å². The zero-order valence-corrected chi connectivity index (χ0v) is 11.4. The summed E-state index contributed by atoms with van der Waals surface area (Å²) in [5.74, 6) is -2.27. The van der Waals surface area contributed by atoms with Crippen molar-refractivity contribution in [2.45, 2.75) is 26.8 Å². The number of amides is 1. The van der Waals surface area contributed by atoms with Gasteiger partial charge in [0.2, 0.25) is 0 Å². The minimum Gasteiger partial charge on any atom is -0.480 e. The minimum atomic E-state index is -1.18. The van der Waals surface area contributed by atoms with Crippen LogP contribution in [-0.2, 0) is 4.79 Å². The van der Waals surface area contributed by atoms with Crippen molar-refractivity contribution >= 4 is 17.6 Å². The number of hydrogen-bond acceptors (Lipinski definition) is 4. The summed E-state index contributed by atoms with van der Waals surface area (Å²) in [6, 6.07) is 3.25. The van der Waals surface area contributed by atoms with Gasteiger partial charge < -0.3 is 10.4 Å². The van der Waals surface area contributed by atoms with Crippen molar-refractivity contribution in [2.75, 3.05) is 0 Å². The van der Waals surface area contributed by atoms with Crippen LogP contribution in [0.1, 0.15) is 29.8 Å². The zero-order valence-electron chi connectivity index (χ0n) is 11.4. The normalized spacial score (nSPS) is 12.0. The Hall–Kier alpha value is -2.44. The van der Waals surface area contributed by atoms with E-state index in [0.717, 1.165) is 0 Å². The fraction of sp³-hybridized carbons (Fsp3) is 0.385. The van der Waals surface area contributed by atoms with Crippen LogP contribution in [0, 0.1) is 23.0 Å². The van der Waals surface area contributed by atoms with Gasteiger partial charge in [0, 0.05) is 5.56 Å². The summed E-state index contributed by atoms with van der Waals surface area (Å²) in [5.41, 5.74) is -0.0983. The summed E-state index contributed by atoms with van der Waals surface area (Å²) in [7, 11) is 0. The van der Waals surface area contributed by atoms with Crippen molar-refractivity contribution in [3.63, 3.8) is 0 Å². The zero-order chi connectivity index (χ0) is 15.4. The summed E-state index contributed by atoms with van der Waals surface area (Å²) >= 11 is 0. The Morgan fingerprint density at radius 3 is 2.40 bits per heavy atom. The molecule has 1 unspecified atom stereocenters. The predicted octanol–water partition coefficient (Wildman–Crippen LogP) is 1.74. The van der Waals surface area contributed by atoms with Gasteiger partial charge in [0.25, 0.3) is 11.6 Å². The highest BCUT2D eigenvalue weighted by atomic mass is 16.6. The fourth-order valence-electron chi connectivity index (χ4n) is 1.82. The van der Waals surface area contributed by atoms with E-state index < -0.39 is 22.8 Å². The van der Waals surface area contributed by atoms with Crippen LogP contribution in [0.4, 0.5) is 5.69 Å². The quantitative estimate of drug-likeness (QED) is 0.630. The lowest BCUT2D eigenvalue weighted by Gasteiger charge is -2.18. The third-order valence-corrected chi connectivity index (χ3v) is 2.88. The number of rotatable bonds is 5. The number of hydrogen-bond donors (Lipinski definition) is 2. The standard InChI is InChI=1S/C13H16N2O5/c1-7(2)10(13(17)18)14-12(16)9-6-4-5-8(3)11(9)15(19)20/h4-7,10H,1-3H3,(H,14,16)(H,17,18). The molecule has 0 saturated heterocycles. The topological polar surface area (TPSA) is 110 Å². The Balaban J connectivity index is 3.13. The number of para-hydroxylation sites is 1. The highest BCUT2D eigenvalue weighted by Gasteiger charge is 2.28. The molecule has 7 heteroatoms. The van der Waals surface area contributed by atoms with Crippen LogP contribution in [-0.4, -0.2) is 27.9 Å². The lowest BCUT2D eigenvalue weighted by atomic mass is 10.0. The molecule has 0 aliphatic carbocycles. The molecule has 0 saturated carbocycles. The van der Waals surface area contributed by atoms with E-state index >= 15 is 0 Å². The van der Waals surface area contributed by atoms with Crippen LogP contribution in [0.2, 0.25) is 0 Å². The van der Waals surface area contributed by atoms with Crippen molar-refractivity contribution < 1.29 is 19.6 Å². The number of aryl methyl sites for hydroxylation is 1. The number of benzene rings is 1. The second kappa shape index (κ2) is 6.14. The third-order valence-electron chi connectivity index (χ3n) is 2.88. The monoisotopic (exact) mass is 280 g/mol. The number of nitro groups is 1. The van der Waals surface area contributed by atoms with Gasteiger partial charge in [-0.1, -0.05) is 26.0 Å². The van der Waals surface area contributed by atoms with E-state index in [0.29, 0.717) is 5.56 Å². The van der Waals surface area contributed by atoms with Crippen LogP contribution in [0.3, 0.4) is 0 Å². The number of carboxylic acid groups (broad SMARTS) is 1. The average molecular weight is 280 g/mol. The van der Waals surface area contributed by atoms with Crippen molar-refractivity contribution in [3.8, 4) is 0 Å². The van der Waals surface area contributed by atoms with E-state index in [9.17, 15) is 19.7 Å². The fourth-order valence-corrected chi connectivity index (χ4v) is 1.82. The highest BCUT2D eigenvalue weighted by molar-refractivity contribution is 6.00. The smallest absolute Gasteiger partial charge is 0.326 e.